The molecule has 4 aromatic rings. The molecule has 3 aromatic carbocycles. The maximum atomic E-state index is 12.8. The van der Waals surface area contributed by atoms with Gasteiger partial charge in [-0.05, 0) is 61.9 Å². The number of urea groups is 1. The van der Waals surface area contributed by atoms with Crippen LogP contribution in [0.4, 0.5) is 4.79 Å². The molecule has 194 valence electrons. The standard InChI is InChI=1S/C29H26ClN3O5/c1-17-26(28(35)36)27(19-6-4-7-20(30)14-19)33(29(37)32-17)13-5-12-31-16-23(34)18-10-11-25-22(15-18)21-8-2-3-9-24(21)38-25/h2-4,6-11,14-15,26-27,31H,5,12-13,16H2,1H3,(H,35,36). The Balaban J connectivity index is 1.23. The Labute approximate surface area is 223 Å². The van der Waals surface area contributed by atoms with Gasteiger partial charge in [-0.2, -0.15) is 0 Å². The number of hydrogen-bond acceptors (Lipinski definition) is 5. The van der Waals surface area contributed by atoms with E-state index in [4.69, 9.17) is 16.0 Å². The van der Waals surface area contributed by atoms with Crippen LogP contribution in [0.25, 0.3) is 21.9 Å². The molecule has 5 rings (SSSR count). The summed E-state index contributed by atoms with van der Waals surface area (Å²) in [5.41, 5.74) is 2.98. The number of rotatable bonds is 9. The number of halogens is 1. The minimum absolute atomic E-state index is 0.0609. The zero-order valence-corrected chi connectivity index (χ0v) is 21.4. The normalized spacial score (nSPS) is 17.7. The highest BCUT2D eigenvalue weighted by atomic mass is 35.5. The van der Waals surface area contributed by atoms with E-state index in [9.17, 15) is 19.5 Å². The van der Waals surface area contributed by atoms with Gasteiger partial charge in [0, 0.05) is 33.6 Å². The van der Waals surface area contributed by atoms with Gasteiger partial charge in [0.15, 0.2) is 5.78 Å². The van der Waals surface area contributed by atoms with Crippen LogP contribution in [0.2, 0.25) is 5.02 Å². The number of para-hydroxylation sites is 1. The van der Waals surface area contributed by atoms with E-state index in [2.05, 4.69) is 10.3 Å². The Morgan fingerprint density at radius 3 is 2.63 bits per heavy atom. The maximum Gasteiger partial charge on any atom is 0.344 e. The molecule has 0 saturated carbocycles. The van der Waals surface area contributed by atoms with Crippen molar-refractivity contribution in [1.29, 1.82) is 0 Å². The predicted octanol–water partition coefficient (Wildman–Crippen LogP) is 5.74. The largest absolute Gasteiger partial charge is 0.481 e. The highest BCUT2D eigenvalue weighted by Crippen LogP contribution is 2.35. The van der Waals surface area contributed by atoms with E-state index >= 15 is 0 Å². The number of Topliss-reactive ketones (excluding diaryl/α,β-unsaturated/α-hetero) is 1. The highest BCUT2D eigenvalue weighted by Gasteiger charge is 2.42. The summed E-state index contributed by atoms with van der Waals surface area (Å²) >= 11 is 6.16. The maximum absolute atomic E-state index is 12.8. The number of carbonyl (C=O) groups is 3. The molecule has 9 heteroatoms. The highest BCUT2D eigenvalue weighted by molar-refractivity contribution is 6.30. The second kappa shape index (κ2) is 10.8. The van der Waals surface area contributed by atoms with E-state index in [1.54, 1.807) is 37.3 Å². The number of hydrogen-bond donors (Lipinski definition) is 2. The topological polar surface area (TPSA) is 112 Å². The Bertz CT molecular complexity index is 1580. The number of furan rings is 1. The van der Waals surface area contributed by atoms with Gasteiger partial charge in [-0.1, -0.05) is 41.9 Å². The average Bonchev–Trinajstić information content (AvgIpc) is 3.26. The molecule has 0 bridgehead atoms. The second-order valence-corrected chi connectivity index (χ2v) is 9.74. The first-order valence-electron chi connectivity index (χ1n) is 12.3. The molecule has 1 aromatic heterocycles. The van der Waals surface area contributed by atoms with Gasteiger partial charge in [0.05, 0.1) is 12.6 Å². The van der Waals surface area contributed by atoms with Crippen LogP contribution in [0.15, 0.2) is 76.1 Å². The third-order valence-corrected chi connectivity index (χ3v) is 7.05. The molecule has 0 fully saturated rings. The van der Waals surface area contributed by atoms with E-state index in [1.165, 1.54) is 4.90 Å². The Hall–Kier alpha value is -4.01. The van der Waals surface area contributed by atoms with Crippen molar-refractivity contribution in [3.05, 3.63) is 82.9 Å². The van der Waals surface area contributed by atoms with Crippen molar-refractivity contribution in [3.63, 3.8) is 0 Å². The first-order chi connectivity index (χ1) is 18.3. The molecule has 1 aliphatic rings. The first-order valence-corrected chi connectivity index (χ1v) is 12.7. The molecule has 8 nitrogen and oxygen atoms in total. The molecule has 2 amide bonds. The van der Waals surface area contributed by atoms with Crippen LogP contribution < -0.4 is 5.32 Å². The predicted molar refractivity (Wildman–Crippen MR) is 146 cm³/mol. The van der Waals surface area contributed by atoms with Crippen molar-refractivity contribution in [2.75, 3.05) is 19.6 Å². The summed E-state index contributed by atoms with van der Waals surface area (Å²) in [5.74, 6) is -2.09. The van der Waals surface area contributed by atoms with Crippen LogP contribution in [0.3, 0.4) is 0 Å². The third kappa shape index (κ3) is 5.05. The molecule has 0 radical (unpaired) electrons. The summed E-state index contributed by atoms with van der Waals surface area (Å²) in [6, 6.07) is 18.8. The minimum Gasteiger partial charge on any atom is -0.481 e. The number of carbonyl (C=O) groups excluding carboxylic acids is 2. The number of carboxylic acid groups (broad SMARTS) is 1. The second-order valence-electron chi connectivity index (χ2n) is 9.31. The number of benzene rings is 3. The summed E-state index contributed by atoms with van der Waals surface area (Å²) in [4.78, 5) is 43.2. The molecule has 38 heavy (non-hydrogen) atoms. The lowest BCUT2D eigenvalue weighted by Gasteiger charge is -2.38. The smallest absolute Gasteiger partial charge is 0.344 e. The third-order valence-electron chi connectivity index (χ3n) is 6.81. The SMILES string of the molecule is CC1=NC(=O)N(CCCNCC(=O)c2ccc3oc4ccccc4c3c2)C(c2cccc(Cl)c2)C1C(=O)O. The summed E-state index contributed by atoms with van der Waals surface area (Å²) < 4.78 is 5.83. The van der Waals surface area contributed by atoms with E-state index < -0.39 is 24.0 Å². The van der Waals surface area contributed by atoms with Gasteiger partial charge in [0.2, 0.25) is 0 Å². The van der Waals surface area contributed by atoms with Crippen LogP contribution >= 0.6 is 11.6 Å². The molecule has 0 spiro atoms. The number of ketones is 1. The van der Waals surface area contributed by atoms with Crippen LogP contribution in [0, 0.1) is 5.92 Å². The molecule has 2 unspecified atom stereocenters. The van der Waals surface area contributed by atoms with Crippen molar-refractivity contribution in [2.24, 2.45) is 10.9 Å². The van der Waals surface area contributed by atoms with Gasteiger partial charge in [-0.25, -0.2) is 9.79 Å². The fourth-order valence-corrected chi connectivity index (χ4v) is 5.20. The Morgan fingerprint density at radius 1 is 1.05 bits per heavy atom. The van der Waals surface area contributed by atoms with E-state index in [0.717, 1.165) is 21.9 Å². The van der Waals surface area contributed by atoms with Gasteiger partial charge >= 0.3 is 12.0 Å². The number of aliphatic imine (C=N–C) groups is 1. The lowest BCUT2D eigenvalue weighted by atomic mass is 9.87. The van der Waals surface area contributed by atoms with E-state index in [0.29, 0.717) is 29.1 Å². The first kappa shape index (κ1) is 25.6. The van der Waals surface area contributed by atoms with Crippen molar-refractivity contribution in [2.45, 2.75) is 19.4 Å². The summed E-state index contributed by atoms with van der Waals surface area (Å²) in [7, 11) is 0. The van der Waals surface area contributed by atoms with Gasteiger partial charge < -0.3 is 19.7 Å². The van der Waals surface area contributed by atoms with Gasteiger partial charge in [-0.15, -0.1) is 0 Å². The minimum atomic E-state index is -1.06. The Morgan fingerprint density at radius 2 is 1.84 bits per heavy atom. The number of carboxylic acids is 1. The molecule has 2 N–H and O–H groups in total. The molecule has 1 aliphatic heterocycles. The van der Waals surface area contributed by atoms with Crippen molar-refractivity contribution < 1.29 is 23.9 Å². The fourth-order valence-electron chi connectivity index (χ4n) is 5.00. The summed E-state index contributed by atoms with van der Waals surface area (Å²) in [6.45, 7) is 2.41. The van der Waals surface area contributed by atoms with Crippen molar-refractivity contribution in [3.8, 4) is 0 Å². The van der Waals surface area contributed by atoms with Crippen LogP contribution in [0.1, 0.15) is 35.3 Å². The zero-order valence-electron chi connectivity index (χ0n) is 20.7. The lowest BCUT2D eigenvalue weighted by molar-refractivity contribution is -0.141. The Kier molecular flexibility index (Phi) is 7.26. The van der Waals surface area contributed by atoms with Crippen LogP contribution in [-0.4, -0.2) is 53.1 Å². The van der Waals surface area contributed by atoms with Crippen LogP contribution in [0.5, 0.6) is 0 Å². The molecular weight excluding hydrogens is 506 g/mol. The quantitative estimate of drug-likeness (QED) is 0.210. The van der Waals surface area contributed by atoms with Gasteiger partial charge in [0.1, 0.15) is 17.1 Å². The molecule has 0 saturated heterocycles. The molecule has 2 atom stereocenters. The van der Waals surface area contributed by atoms with Gasteiger partial charge in [-0.3, -0.25) is 9.59 Å². The van der Waals surface area contributed by atoms with Crippen LogP contribution in [-0.2, 0) is 4.79 Å². The number of nitrogens with zero attached hydrogens (tertiary/aromatic N) is 2. The number of fused-ring (bicyclic) bond motifs is 3. The lowest BCUT2D eigenvalue weighted by Crippen LogP contribution is -2.47. The van der Waals surface area contributed by atoms with Gasteiger partial charge in [0.25, 0.3) is 0 Å². The van der Waals surface area contributed by atoms with E-state index in [1.807, 2.05) is 36.4 Å². The molecule has 2 heterocycles. The zero-order chi connectivity index (χ0) is 26.8. The van der Waals surface area contributed by atoms with E-state index in [-0.39, 0.29) is 24.6 Å². The molecule has 0 aliphatic carbocycles. The molecular formula is C29H26ClN3O5. The van der Waals surface area contributed by atoms with Crippen molar-refractivity contribution >= 4 is 57.0 Å². The summed E-state index contributed by atoms with van der Waals surface area (Å²) in [5, 5.41) is 15.4. The van der Waals surface area contributed by atoms with Crippen molar-refractivity contribution in [1.82, 2.24) is 10.2 Å². The number of aliphatic carboxylic acids is 1. The number of nitrogens with one attached hydrogen (secondary N) is 1. The monoisotopic (exact) mass is 531 g/mol. The fraction of sp³-hybridized carbons (Fsp3) is 0.241. The summed E-state index contributed by atoms with van der Waals surface area (Å²) in [6.07, 6.45) is 0.502. The number of amides is 2. The average molecular weight is 532 g/mol.